The van der Waals surface area contributed by atoms with Crippen LogP contribution in [0.3, 0.4) is 0 Å². The van der Waals surface area contributed by atoms with Crippen molar-refractivity contribution < 1.29 is 5.11 Å². The summed E-state index contributed by atoms with van der Waals surface area (Å²) in [5, 5.41) is 19.0. The van der Waals surface area contributed by atoms with E-state index in [1.807, 2.05) is 13.8 Å². The molecule has 1 saturated carbocycles. The van der Waals surface area contributed by atoms with Gasteiger partial charge in [0.1, 0.15) is 5.54 Å². The average molecular weight is 237 g/mol. The van der Waals surface area contributed by atoms with Gasteiger partial charge in [-0.2, -0.15) is 5.26 Å². The van der Waals surface area contributed by atoms with E-state index in [0.29, 0.717) is 6.04 Å². The zero-order chi connectivity index (χ0) is 12.5. The van der Waals surface area contributed by atoms with Crippen LogP contribution < -0.4 is 0 Å². The van der Waals surface area contributed by atoms with Crippen molar-refractivity contribution in [2.75, 3.05) is 26.2 Å². The number of hydrogen-bond acceptors (Lipinski definition) is 4. The Balaban J connectivity index is 1.88. The lowest BCUT2D eigenvalue weighted by Gasteiger charge is -2.43. The molecule has 1 aliphatic heterocycles. The van der Waals surface area contributed by atoms with Crippen LogP contribution in [0.25, 0.3) is 0 Å². The number of aliphatic hydroxyl groups is 1. The van der Waals surface area contributed by atoms with Gasteiger partial charge in [0, 0.05) is 32.2 Å². The molecule has 0 spiro atoms. The molecule has 2 atom stereocenters. The third-order valence-corrected chi connectivity index (χ3v) is 4.29. The summed E-state index contributed by atoms with van der Waals surface area (Å²) in [6, 6.07) is 2.73. The van der Waals surface area contributed by atoms with E-state index >= 15 is 0 Å². The summed E-state index contributed by atoms with van der Waals surface area (Å²) in [4.78, 5) is 4.65. The van der Waals surface area contributed by atoms with Crippen LogP contribution in [0.15, 0.2) is 0 Å². The van der Waals surface area contributed by atoms with Gasteiger partial charge in [0.2, 0.25) is 0 Å². The van der Waals surface area contributed by atoms with E-state index in [-0.39, 0.29) is 11.6 Å². The van der Waals surface area contributed by atoms with Crippen molar-refractivity contribution in [3.8, 4) is 6.07 Å². The van der Waals surface area contributed by atoms with Gasteiger partial charge in [-0.25, -0.2) is 0 Å². The summed E-state index contributed by atoms with van der Waals surface area (Å²) >= 11 is 0. The van der Waals surface area contributed by atoms with Crippen molar-refractivity contribution in [3.05, 3.63) is 0 Å². The predicted molar refractivity (Wildman–Crippen MR) is 66.5 cm³/mol. The van der Waals surface area contributed by atoms with Crippen molar-refractivity contribution in [1.29, 1.82) is 5.26 Å². The predicted octanol–water partition coefficient (Wildman–Crippen LogP) is 0.820. The van der Waals surface area contributed by atoms with Gasteiger partial charge in [0.25, 0.3) is 0 Å². The zero-order valence-electron chi connectivity index (χ0n) is 10.9. The lowest BCUT2D eigenvalue weighted by molar-refractivity contribution is 0.0171. The van der Waals surface area contributed by atoms with E-state index in [9.17, 15) is 5.11 Å². The van der Waals surface area contributed by atoms with Crippen molar-refractivity contribution in [2.45, 2.75) is 50.8 Å². The summed E-state index contributed by atoms with van der Waals surface area (Å²) in [7, 11) is 0. The maximum absolute atomic E-state index is 9.91. The fourth-order valence-corrected chi connectivity index (χ4v) is 3.03. The molecule has 2 aliphatic rings. The minimum atomic E-state index is -0.361. The Hall–Kier alpha value is -0.630. The Bertz CT molecular complexity index is 302. The molecule has 2 fully saturated rings. The number of nitrogens with zero attached hydrogens (tertiary/aromatic N) is 3. The summed E-state index contributed by atoms with van der Waals surface area (Å²) in [6.07, 6.45) is 3.10. The highest BCUT2D eigenvalue weighted by atomic mass is 16.3. The molecule has 1 N–H and O–H groups in total. The molecule has 96 valence electrons. The first-order valence-corrected chi connectivity index (χ1v) is 6.63. The monoisotopic (exact) mass is 237 g/mol. The standard InChI is InChI=1S/C13H23N3O/c1-13(2,10-14)16-8-6-15(7-9-16)11-4-3-5-12(11)17/h11-12,17H,3-9H2,1-2H3. The molecular formula is C13H23N3O. The van der Waals surface area contributed by atoms with Gasteiger partial charge in [0.05, 0.1) is 12.2 Å². The smallest absolute Gasteiger partial charge is 0.103 e. The Morgan fingerprint density at radius 3 is 2.29 bits per heavy atom. The first kappa shape index (κ1) is 12.8. The van der Waals surface area contributed by atoms with Gasteiger partial charge in [-0.3, -0.25) is 9.80 Å². The molecule has 4 heteroatoms. The molecule has 4 nitrogen and oxygen atoms in total. The van der Waals surface area contributed by atoms with Gasteiger partial charge in [-0.15, -0.1) is 0 Å². The van der Waals surface area contributed by atoms with Crippen molar-refractivity contribution >= 4 is 0 Å². The molecule has 2 unspecified atom stereocenters. The van der Waals surface area contributed by atoms with Crippen LogP contribution in [0, 0.1) is 11.3 Å². The normalized spacial score (nSPS) is 32.6. The molecule has 0 aromatic rings. The highest BCUT2D eigenvalue weighted by Crippen LogP contribution is 2.26. The molecule has 0 aromatic carbocycles. The van der Waals surface area contributed by atoms with E-state index < -0.39 is 0 Å². The molecule has 1 heterocycles. The second-order valence-corrected chi connectivity index (χ2v) is 5.76. The van der Waals surface area contributed by atoms with E-state index in [0.717, 1.165) is 45.4 Å². The molecule has 2 rings (SSSR count). The fourth-order valence-electron chi connectivity index (χ4n) is 3.03. The lowest BCUT2D eigenvalue weighted by Crippen LogP contribution is -2.57. The van der Waals surface area contributed by atoms with Crippen LogP contribution >= 0.6 is 0 Å². The molecule has 17 heavy (non-hydrogen) atoms. The van der Waals surface area contributed by atoms with Gasteiger partial charge in [0.15, 0.2) is 0 Å². The summed E-state index contributed by atoms with van der Waals surface area (Å²) < 4.78 is 0. The number of rotatable bonds is 2. The minimum Gasteiger partial charge on any atom is -0.391 e. The molecular weight excluding hydrogens is 214 g/mol. The number of piperazine rings is 1. The van der Waals surface area contributed by atoms with Gasteiger partial charge in [-0.05, 0) is 33.1 Å². The topological polar surface area (TPSA) is 50.5 Å². The summed E-state index contributed by atoms with van der Waals surface area (Å²) in [6.45, 7) is 7.79. The SMILES string of the molecule is CC(C)(C#N)N1CCN(C2CCCC2O)CC1. The Morgan fingerprint density at radius 1 is 1.18 bits per heavy atom. The quantitative estimate of drug-likeness (QED) is 0.772. The van der Waals surface area contributed by atoms with Gasteiger partial charge < -0.3 is 5.11 Å². The number of nitriles is 1. The lowest BCUT2D eigenvalue weighted by atomic mass is 10.0. The van der Waals surface area contributed by atoms with Crippen LogP contribution in [0.4, 0.5) is 0 Å². The highest BCUT2D eigenvalue weighted by Gasteiger charge is 2.35. The van der Waals surface area contributed by atoms with Crippen LogP contribution in [0.2, 0.25) is 0 Å². The molecule has 0 amide bonds. The Labute approximate surface area is 104 Å². The minimum absolute atomic E-state index is 0.134. The molecule has 0 aromatic heterocycles. The molecule has 0 radical (unpaired) electrons. The maximum atomic E-state index is 9.91. The van der Waals surface area contributed by atoms with Crippen LogP contribution in [-0.4, -0.2) is 58.8 Å². The highest BCUT2D eigenvalue weighted by molar-refractivity contribution is 5.03. The first-order valence-electron chi connectivity index (χ1n) is 6.63. The second-order valence-electron chi connectivity index (χ2n) is 5.76. The fraction of sp³-hybridized carbons (Fsp3) is 0.923. The van der Waals surface area contributed by atoms with Crippen molar-refractivity contribution in [2.24, 2.45) is 0 Å². The zero-order valence-corrected chi connectivity index (χ0v) is 10.9. The molecule has 1 saturated heterocycles. The Kier molecular flexibility index (Phi) is 3.72. The van der Waals surface area contributed by atoms with Crippen molar-refractivity contribution in [3.63, 3.8) is 0 Å². The molecule has 0 bridgehead atoms. The molecule has 1 aliphatic carbocycles. The summed E-state index contributed by atoms with van der Waals surface area (Å²) in [5.74, 6) is 0. The number of aliphatic hydroxyl groups excluding tert-OH is 1. The van der Waals surface area contributed by atoms with Gasteiger partial charge in [-0.1, -0.05) is 0 Å². The van der Waals surface area contributed by atoms with Crippen LogP contribution in [0.5, 0.6) is 0 Å². The summed E-state index contributed by atoms with van der Waals surface area (Å²) in [5.41, 5.74) is -0.361. The van der Waals surface area contributed by atoms with E-state index in [4.69, 9.17) is 5.26 Å². The number of hydrogen-bond donors (Lipinski definition) is 1. The van der Waals surface area contributed by atoms with E-state index in [2.05, 4.69) is 15.9 Å². The van der Waals surface area contributed by atoms with E-state index in [1.54, 1.807) is 0 Å². The van der Waals surface area contributed by atoms with Crippen LogP contribution in [-0.2, 0) is 0 Å². The Morgan fingerprint density at radius 2 is 1.82 bits per heavy atom. The third-order valence-electron chi connectivity index (χ3n) is 4.29. The maximum Gasteiger partial charge on any atom is 0.103 e. The first-order chi connectivity index (χ1) is 8.04. The van der Waals surface area contributed by atoms with E-state index in [1.165, 1.54) is 0 Å². The average Bonchev–Trinajstić information content (AvgIpc) is 2.76. The van der Waals surface area contributed by atoms with Crippen molar-refractivity contribution in [1.82, 2.24) is 9.80 Å². The van der Waals surface area contributed by atoms with Gasteiger partial charge >= 0.3 is 0 Å². The third kappa shape index (κ3) is 2.62. The largest absolute Gasteiger partial charge is 0.391 e. The van der Waals surface area contributed by atoms with Crippen LogP contribution in [0.1, 0.15) is 33.1 Å². The second kappa shape index (κ2) is 4.93.